The summed E-state index contributed by atoms with van der Waals surface area (Å²) in [5.74, 6) is 0.157. The number of nitrogens with zero attached hydrogens (tertiary/aromatic N) is 1. The summed E-state index contributed by atoms with van der Waals surface area (Å²) in [7, 11) is 0. The van der Waals surface area contributed by atoms with Crippen LogP contribution in [0.15, 0.2) is 47.8 Å². The summed E-state index contributed by atoms with van der Waals surface area (Å²) in [6.45, 7) is 2.52. The number of carbonyl (C=O) groups is 1. The van der Waals surface area contributed by atoms with Crippen molar-refractivity contribution in [3.8, 4) is 0 Å². The highest BCUT2D eigenvalue weighted by molar-refractivity contribution is 7.12. The largest absolute Gasteiger partial charge is 0.336 e. The maximum absolute atomic E-state index is 12.5. The zero-order valence-electron chi connectivity index (χ0n) is 11.3. The van der Waals surface area contributed by atoms with Gasteiger partial charge in [0.25, 0.3) is 5.91 Å². The fourth-order valence-electron chi connectivity index (χ4n) is 2.57. The average Bonchev–Trinajstić information content (AvgIpc) is 2.92. The van der Waals surface area contributed by atoms with Crippen LogP contribution in [0.4, 0.5) is 0 Å². The lowest BCUT2D eigenvalue weighted by Gasteiger charge is -2.24. The van der Waals surface area contributed by atoms with Crippen LogP contribution in [0.2, 0.25) is 0 Å². The Hall–Kier alpha value is -1.65. The van der Waals surface area contributed by atoms with Crippen LogP contribution in [-0.2, 0) is 0 Å². The molecular weight excluding hydrogens is 268 g/mol. The maximum Gasteiger partial charge on any atom is 0.263 e. The minimum Gasteiger partial charge on any atom is -0.336 e. The van der Waals surface area contributed by atoms with Crippen molar-refractivity contribution >= 4 is 17.2 Å². The number of thiophene rings is 1. The van der Waals surface area contributed by atoms with Crippen LogP contribution in [0.3, 0.4) is 0 Å². The molecule has 3 nitrogen and oxygen atoms in total. The van der Waals surface area contributed by atoms with Gasteiger partial charge >= 0.3 is 0 Å². The molecule has 0 radical (unpaired) electrons. The van der Waals surface area contributed by atoms with Crippen molar-refractivity contribution in [1.82, 2.24) is 10.2 Å². The Bertz CT molecular complexity index is 553. The molecule has 1 atom stereocenters. The van der Waals surface area contributed by atoms with Crippen LogP contribution in [0, 0.1) is 0 Å². The molecule has 0 aliphatic carbocycles. The Morgan fingerprint density at radius 1 is 1.20 bits per heavy atom. The molecule has 0 bridgehead atoms. The lowest BCUT2D eigenvalue weighted by atomic mass is 10.1. The molecule has 2 aromatic rings. The lowest BCUT2D eigenvalue weighted by Crippen LogP contribution is -2.35. The molecule has 104 valence electrons. The van der Waals surface area contributed by atoms with E-state index in [1.165, 1.54) is 16.9 Å². The molecule has 1 unspecified atom stereocenters. The van der Waals surface area contributed by atoms with E-state index in [0.29, 0.717) is 0 Å². The molecule has 1 aromatic carbocycles. The molecule has 0 saturated carbocycles. The second-order valence-corrected chi connectivity index (χ2v) is 5.95. The first-order valence-electron chi connectivity index (χ1n) is 6.96. The molecule has 1 fully saturated rings. The highest BCUT2D eigenvalue weighted by Crippen LogP contribution is 2.20. The third-order valence-electron chi connectivity index (χ3n) is 3.62. The number of hydrogen-bond acceptors (Lipinski definition) is 3. The van der Waals surface area contributed by atoms with E-state index in [2.05, 4.69) is 17.4 Å². The average molecular weight is 286 g/mol. The number of benzene rings is 1. The van der Waals surface area contributed by atoms with Gasteiger partial charge in [-0.25, -0.2) is 0 Å². The zero-order chi connectivity index (χ0) is 13.8. The number of amides is 1. The van der Waals surface area contributed by atoms with E-state index in [1.807, 2.05) is 40.6 Å². The Morgan fingerprint density at radius 3 is 2.80 bits per heavy atom. The van der Waals surface area contributed by atoms with Crippen molar-refractivity contribution < 1.29 is 4.79 Å². The van der Waals surface area contributed by atoms with Crippen LogP contribution in [-0.4, -0.2) is 30.4 Å². The highest BCUT2D eigenvalue weighted by atomic mass is 32.1. The first-order valence-corrected chi connectivity index (χ1v) is 7.83. The Kier molecular flexibility index (Phi) is 4.14. The van der Waals surface area contributed by atoms with E-state index in [-0.39, 0.29) is 11.9 Å². The van der Waals surface area contributed by atoms with Gasteiger partial charge in [-0.3, -0.25) is 4.79 Å². The summed E-state index contributed by atoms with van der Waals surface area (Å²) < 4.78 is 0. The predicted octanol–water partition coefficient (Wildman–Crippen LogP) is 2.92. The summed E-state index contributed by atoms with van der Waals surface area (Å²) in [6, 6.07) is 14.4. The second-order valence-electron chi connectivity index (χ2n) is 5.00. The van der Waals surface area contributed by atoms with Gasteiger partial charge in [-0.05, 0) is 30.0 Å². The molecule has 3 rings (SSSR count). The summed E-state index contributed by atoms with van der Waals surface area (Å²) >= 11 is 1.52. The molecule has 1 aliphatic heterocycles. The summed E-state index contributed by atoms with van der Waals surface area (Å²) in [6.07, 6.45) is 1.00. The van der Waals surface area contributed by atoms with Crippen LogP contribution < -0.4 is 5.32 Å². The molecule has 4 heteroatoms. The van der Waals surface area contributed by atoms with Gasteiger partial charge in [0.2, 0.25) is 0 Å². The molecule has 1 saturated heterocycles. The quantitative estimate of drug-likeness (QED) is 0.920. The van der Waals surface area contributed by atoms with Gasteiger partial charge in [0, 0.05) is 19.1 Å². The zero-order valence-corrected chi connectivity index (χ0v) is 12.1. The minimum absolute atomic E-state index is 0.157. The summed E-state index contributed by atoms with van der Waals surface area (Å²) in [5.41, 5.74) is 1.25. The van der Waals surface area contributed by atoms with Gasteiger partial charge in [-0.2, -0.15) is 0 Å². The molecular formula is C16H18N2OS. The fourth-order valence-corrected chi connectivity index (χ4v) is 3.26. The topological polar surface area (TPSA) is 32.3 Å². The third kappa shape index (κ3) is 2.92. The van der Waals surface area contributed by atoms with E-state index < -0.39 is 0 Å². The number of nitrogens with one attached hydrogen (secondary N) is 1. The summed E-state index contributed by atoms with van der Waals surface area (Å²) in [4.78, 5) is 15.3. The normalized spacial score (nSPS) is 19.6. The third-order valence-corrected chi connectivity index (χ3v) is 4.48. The Labute approximate surface area is 123 Å². The van der Waals surface area contributed by atoms with Crippen LogP contribution in [0.25, 0.3) is 0 Å². The molecule has 20 heavy (non-hydrogen) atoms. The van der Waals surface area contributed by atoms with E-state index >= 15 is 0 Å². The molecule has 2 heterocycles. The molecule has 1 aliphatic rings. The van der Waals surface area contributed by atoms with E-state index in [9.17, 15) is 4.79 Å². The van der Waals surface area contributed by atoms with Gasteiger partial charge in [0.1, 0.15) is 0 Å². The van der Waals surface area contributed by atoms with E-state index in [1.54, 1.807) is 0 Å². The van der Waals surface area contributed by atoms with Crippen LogP contribution in [0.1, 0.15) is 27.7 Å². The molecule has 1 amide bonds. The molecule has 0 spiro atoms. The molecule has 1 N–H and O–H groups in total. The van der Waals surface area contributed by atoms with E-state index in [0.717, 1.165) is 30.9 Å². The Balaban J connectivity index is 1.77. The van der Waals surface area contributed by atoms with Gasteiger partial charge in [0.15, 0.2) is 0 Å². The van der Waals surface area contributed by atoms with Crippen LogP contribution >= 0.6 is 11.3 Å². The number of hydrogen-bond donors (Lipinski definition) is 1. The summed E-state index contributed by atoms with van der Waals surface area (Å²) in [5, 5.41) is 5.49. The van der Waals surface area contributed by atoms with Crippen molar-refractivity contribution in [2.75, 3.05) is 19.6 Å². The fraction of sp³-hybridized carbons (Fsp3) is 0.312. The number of rotatable bonds is 2. The second kappa shape index (κ2) is 6.20. The molecule has 1 aromatic heterocycles. The highest BCUT2D eigenvalue weighted by Gasteiger charge is 2.23. The SMILES string of the molecule is O=C(c1cccs1)N1CCCNC(c2ccccc2)C1. The van der Waals surface area contributed by atoms with Gasteiger partial charge in [-0.15, -0.1) is 11.3 Å². The first-order chi connectivity index (χ1) is 9.84. The number of carbonyl (C=O) groups excluding carboxylic acids is 1. The van der Waals surface area contributed by atoms with Gasteiger partial charge in [-0.1, -0.05) is 36.4 Å². The maximum atomic E-state index is 12.5. The van der Waals surface area contributed by atoms with Crippen molar-refractivity contribution in [1.29, 1.82) is 0 Å². The van der Waals surface area contributed by atoms with Crippen molar-refractivity contribution in [3.05, 3.63) is 58.3 Å². The smallest absolute Gasteiger partial charge is 0.263 e. The van der Waals surface area contributed by atoms with Gasteiger partial charge in [0.05, 0.1) is 4.88 Å². The predicted molar refractivity (Wildman–Crippen MR) is 82.0 cm³/mol. The Morgan fingerprint density at radius 2 is 2.05 bits per heavy atom. The first kappa shape index (κ1) is 13.3. The van der Waals surface area contributed by atoms with Crippen molar-refractivity contribution in [2.24, 2.45) is 0 Å². The lowest BCUT2D eigenvalue weighted by molar-refractivity contribution is 0.0758. The van der Waals surface area contributed by atoms with Crippen LogP contribution in [0.5, 0.6) is 0 Å². The monoisotopic (exact) mass is 286 g/mol. The van der Waals surface area contributed by atoms with Crippen molar-refractivity contribution in [2.45, 2.75) is 12.5 Å². The van der Waals surface area contributed by atoms with Crippen molar-refractivity contribution in [3.63, 3.8) is 0 Å². The standard InChI is InChI=1S/C16H18N2OS/c19-16(15-8-4-11-20-15)18-10-5-9-17-14(12-18)13-6-2-1-3-7-13/h1-4,6-8,11,14,17H,5,9-10,12H2. The minimum atomic E-state index is 0.157. The van der Waals surface area contributed by atoms with Gasteiger partial charge < -0.3 is 10.2 Å². The van der Waals surface area contributed by atoms with E-state index in [4.69, 9.17) is 0 Å².